The summed E-state index contributed by atoms with van der Waals surface area (Å²) in [6.45, 7) is 10.4. The summed E-state index contributed by atoms with van der Waals surface area (Å²) in [5.41, 5.74) is 7.53. The SMILES string of the molecule is CC(C)CC(NC(=O)c1ccc(N(C)C)cc1)C(=O)N1CCC2C1C(=O)CN2C(=O)C(N)CC(C)(C)C. The average molecular weight is 514 g/mol. The van der Waals surface area contributed by atoms with Crippen LogP contribution in [0.3, 0.4) is 0 Å². The molecule has 0 bridgehead atoms. The van der Waals surface area contributed by atoms with Gasteiger partial charge in [-0.25, -0.2) is 0 Å². The van der Waals surface area contributed by atoms with Gasteiger partial charge in [-0.2, -0.15) is 0 Å². The van der Waals surface area contributed by atoms with E-state index in [-0.39, 0.29) is 47.4 Å². The molecule has 37 heavy (non-hydrogen) atoms. The standard InChI is InChI=1S/C28H43N5O4/c1-17(2)14-21(30-25(35)18-8-10-19(11-9-18)31(6)7)27(37)32-13-12-22-24(32)23(34)16-33(22)26(36)20(29)15-28(3,4)5/h8-11,17,20-22,24H,12-16,29H2,1-7H3,(H,30,35). The molecule has 0 aliphatic carbocycles. The van der Waals surface area contributed by atoms with Crippen LogP contribution in [0.2, 0.25) is 0 Å². The molecule has 3 amide bonds. The van der Waals surface area contributed by atoms with Crippen LogP contribution in [0.15, 0.2) is 24.3 Å². The van der Waals surface area contributed by atoms with Gasteiger partial charge in [0, 0.05) is 31.9 Å². The van der Waals surface area contributed by atoms with Crippen LogP contribution in [-0.2, 0) is 14.4 Å². The Hall–Kier alpha value is -2.94. The third-order valence-corrected chi connectivity index (χ3v) is 7.09. The highest BCUT2D eigenvalue weighted by Crippen LogP contribution is 2.32. The van der Waals surface area contributed by atoms with Crippen LogP contribution in [0.4, 0.5) is 5.69 Å². The van der Waals surface area contributed by atoms with Crippen LogP contribution in [0.25, 0.3) is 0 Å². The summed E-state index contributed by atoms with van der Waals surface area (Å²) >= 11 is 0. The van der Waals surface area contributed by atoms with Gasteiger partial charge in [0.2, 0.25) is 11.8 Å². The van der Waals surface area contributed by atoms with E-state index in [0.717, 1.165) is 5.69 Å². The number of carbonyl (C=O) groups is 4. The van der Waals surface area contributed by atoms with E-state index in [1.165, 1.54) is 0 Å². The summed E-state index contributed by atoms with van der Waals surface area (Å²) in [6, 6.07) is 4.66. The summed E-state index contributed by atoms with van der Waals surface area (Å²) in [4.78, 5) is 58.0. The van der Waals surface area contributed by atoms with Crippen LogP contribution < -0.4 is 16.0 Å². The van der Waals surface area contributed by atoms with Gasteiger partial charge >= 0.3 is 0 Å². The highest BCUT2D eigenvalue weighted by molar-refractivity contribution is 6.01. The lowest BCUT2D eigenvalue weighted by Crippen LogP contribution is -2.53. The van der Waals surface area contributed by atoms with Crippen LogP contribution in [0.1, 0.15) is 64.2 Å². The molecule has 9 nitrogen and oxygen atoms in total. The molecule has 3 rings (SSSR count). The second-order valence-electron chi connectivity index (χ2n) is 12.2. The number of hydrogen-bond acceptors (Lipinski definition) is 6. The van der Waals surface area contributed by atoms with Crippen molar-refractivity contribution in [2.24, 2.45) is 17.1 Å². The van der Waals surface area contributed by atoms with Gasteiger partial charge in [0.15, 0.2) is 5.78 Å². The Bertz CT molecular complexity index is 1010. The number of amides is 3. The van der Waals surface area contributed by atoms with Crippen molar-refractivity contribution in [1.29, 1.82) is 0 Å². The predicted molar refractivity (Wildman–Crippen MR) is 144 cm³/mol. The Morgan fingerprint density at radius 1 is 1.08 bits per heavy atom. The van der Waals surface area contributed by atoms with Gasteiger partial charge in [-0.15, -0.1) is 0 Å². The van der Waals surface area contributed by atoms with E-state index in [9.17, 15) is 19.2 Å². The van der Waals surface area contributed by atoms with E-state index in [2.05, 4.69) is 5.32 Å². The Morgan fingerprint density at radius 2 is 1.70 bits per heavy atom. The number of benzene rings is 1. The van der Waals surface area contributed by atoms with Crippen molar-refractivity contribution < 1.29 is 19.2 Å². The molecule has 9 heteroatoms. The number of anilines is 1. The van der Waals surface area contributed by atoms with Crippen molar-refractivity contribution in [3.05, 3.63) is 29.8 Å². The Labute approximate surface area is 220 Å². The summed E-state index contributed by atoms with van der Waals surface area (Å²) in [6.07, 6.45) is 1.47. The molecule has 2 aliphatic heterocycles. The number of nitrogens with one attached hydrogen (secondary N) is 1. The molecule has 0 saturated carbocycles. The summed E-state index contributed by atoms with van der Waals surface area (Å²) in [5.74, 6) is -0.847. The van der Waals surface area contributed by atoms with Gasteiger partial charge in [-0.1, -0.05) is 34.6 Å². The average Bonchev–Trinajstić information content (AvgIpc) is 3.37. The van der Waals surface area contributed by atoms with Gasteiger partial charge in [0.25, 0.3) is 5.91 Å². The molecule has 0 radical (unpaired) electrons. The largest absolute Gasteiger partial charge is 0.378 e. The maximum Gasteiger partial charge on any atom is 0.251 e. The molecule has 204 valence electrons. The molecule has 2 saturated heterocycles. The topological polar surface area (TPSA) is 116 Å². The summed E-state index contributed by atoms with van der Waals surface area (Å²) in [5, 5.41) is 2.91. The lowest BCUT2D eigenvalue weighted by Gasteiger charge is -2.30. The Balaban J connectivity index is 1.74. The van der Waals surface area contributed by atoms with Gasteiger partial charge in [-0.05, 0) is 54.9 Å². The number of Topliss-reactive ketones (excluding diaryl/α,β-unsaturated/α-hetero) is 1. The molecular weight excluding hydrogens is 470 g/mol. The lowest BCUT2D eigenvalue weighted by molar-refractivity contribution is -0.138. The first-order valence-corrected chi connectivity index (χ1v) is 13.2. The van der Waals surface area contributed by atoms with Crippen molar-refractivity contribution in [3.8, 4) is 0 Å². The second kappa shape index (κ2) is 11.2. The van der Waals surface area contributed by atoms with Crippen molar-refractivity contribution in [2.75, 3.05) is 32.1 Å². The Morgan fingerprint density at radius 3 is 2.24 bits per heavy atom. The molecule has 1 aromatic carbocycles. The maximum atomic E-state index is 13.7. The van der Waals surface area contributed by atoms with Crippen LogP contribution >= 0.6 is 0 Å². The zero-order valence-corrected chi connectivity index (χ0v) is 23.3. The van der Waals surface area contributed by atoms with Crippen LogP contribution in [0, 0.1) is 11.3 Å². The van der Waals surface area contributed by atoms with E-state index in [1.54, 1.807) is 21.9 Å². The molecule has 0 spiro atoms. The van der Waals surface area contributed by atoms with Gasteiger partial charge < -0.3 is 25.8 Å². The normalized spacial score (nSPS) is 21.2. The third kappa shape index (κ3) is 6.69. The number of nitrogens with two attached hydrogens (primary N) is 1. The predicted octanol–water partition coefficient (Wildman–Crippen LogP) is 2.04. The zero-order valence-electron chi connectivity index (χ0n) is 23.3. The number of hydrogen-bond donors (Lipinski definition) is 2. The smallest absolute Gasteiger partial charge is 0.251 e. The molecule has 2 heterocycles. The van der Waals surface area contributed by atoms with Crippen LogP contribution in [-0.4, -0.2) is 84.7 Å². The molecule has 3 N–H and O–H groups in total. The maximum absolute atomic E-state index is 13.7. The van der Waals surface area contributed by atoms with E-state index in [4.69, 9.17) is 5.73 Å². The molecule has 1 aromatic rings. The van der Waals surface area contributed by atoms with Crippen LogP contribution in [0.5, 0.6) is 0 Å². The fourth-order valence-electron chi connectivity index (χ4n) is 5.36. The van der Waals surface area contributed by atoms with Crippen molar-refractivity contribution in [2.45, 2.75) is 78.0 Å². The van der Waals surface area contributed by atoms with Crippen molar-refractivity contribution in [3.63, 3.8) is 0 Å². The minimum absolute atomic E-state index is 0.0325. The van der Waals surface area contributed by atoms with E-state index in [0.29, 0.717) is 31.4 Å². The summed E-state index contributed by atoms with van der Waals surface area (Å²) in [7, 11) is 3.85. The summed E-state index contributed by atoms with van der Waals surface area (Å²) < 4.78 is 0. The van der Waals surface area contributed by atoms with Crippen molar-refractivity contribution >= 4 is 29.2 Å². The number of likely N-dealkylation sites (tertiary alicyclic amines) is 2. The second-order valence-corrected chi connectivity index (χ2v) is 12.2. The first-order valence-electron chi connectivity index (χ1n) is 13.2. The van der Waals surface area contributed by atoms with E-state index < -0.39 is 18.1 Å². The number of nitrogens with zero attached hydrogens (tertiary/aromatic N) is 3. The molecule has 2 fully saturated rings. The number of rotatable bonds is 8. The third-order valence-electron chi connectivity index (χ3n) is 7.09. The quantitative estimate of drug-likeness (QED) is 0.550. The molecule has 0 aromatic heterocycles. The zero-order chi connectivity index (χ0) is 27.7. The van der Waals surface area contributed by atoms with E-state index in [1.807, 2.05) is 65.7 Å². The van der Waals surface area contributed by atoms with Gasteiger partial charge in [-0.3, -0.25) is 19.2 Å². The molecular formula is C28H43N5O4. The fourth-order valence-corrected chi connectivity index (χ4v) is 5.36. The minimum Gasteiger partial charge on any atom is -0.378 e. The highest BCUT2D eigenvalue weighted by Gasteiger charge is 2.52. The Kier molecular flexibility index (Phi) is 8.67. The van der Waals surface area contributed by atoms with E-state index >= 15 is 0 Å². The number of ketones is 1. The molecule has 4 atom stereocenters. The van der Waals surface area contributed by atoms with Gasteiger partial charge in [0.05, 0.1) is 18.6 Å². The number of fused-ring (bicyclic) bond motifs is 1. The monoisotopic (exact) mass is 513 g/mol. The first kappa shape index (κ1) is 28.6. The molecule has 4 unspecified atom stereocenters. The van der Waals surface area contributed by atoms with Gasteiger partial charge in [0.1, 0.15) is 12.1 Å². The number of carbonyl (C=O) groups excluding carboxylic acids is 4. The fraction of sp³-hybridized carbons (Fsp3) is 0.643. The molecule has 2 aliphatic rings. The highest BCUT2D eigenvalue weighted by atomic mass is 16.2. The van der Waals surface area contributed by atoms with Crippen molar-refractivity contribution in [1.82, 2.24) is 15.1 Å². The minimum atomic E-state index is -0.763. The lowest BCUT2D eigenvalue weighted by atomic mass is 9.88. The first-order chi connectivity index (χ1) is 17.2.